The molecule has 0 aliphatic heterocycles. The summed E-state index contributed by atoms with van der Waals surface area (Å²) in [6.45, 7) is 5.49. The van der Waals surface area contributed by atoms with Crippen LogP contribution in [0.25, 0.3) is 0 Å². The predicted octanol–water partition coefficient (Wildman–Crippen LogP) is 3.88. The molecule has 0 amide bonds. The smallest absolute Gasteiger partial charge is 0.323 e. The fourth-order valence-corrected chi connectivity index (χ4v) is 2.84. The lowest BCUT2D eigenvalue weighted by Crippen LogP contribution is -2.50. The summed E-state index contributed by atoms with van der Waals surface area (Å²) in [5, 5.41) is 12.5. The lowest BCUT2D eigenvalue weighted by Gasteiger charge is -2.30. The van der Waals surface area contributed by atoms with Crippen LogP contribution in [0, 0.1) is 5.82 Å². The number of carbonyl (C=O) groups is 1. The van der Waals surface area contributed by atoms with Gasteiger partial charge in [0.05, 0.1) is 0 Å². The predicted molar refractivity (Wildman–Crippen MR) is 76.6 cm³/mol. The number of carboxylic acids is 1. The summed E-state index contributed by atoms with van der Waals surface area (Å²) >= 11 is 3.30. The molecule has 1 aromatic rings. The zero-order valence-electron chi connectivity index (χ0n) is 11.3. The van der Waals surface area contributed by atoms with Crippen LogP contribution in [-0.4, -0.2) is 16.6 Å². The minimum Gasteiger partial charge on any atom is -0.480 e. The number of halogens is 2. The molecular weight excluding hydrogens is 313 g/mol. The van der Waals surface area contributed by atoms with Crippen molar-refractivity contribution in [3.63, 3.8) is 0 Å². The van der Waals surface area contributed by atoms with Crippen molar-refractivity contribution in [2.75, 3.05) is 0 Å². The van der Waals surface area contributed by atoms with Gasteiger partial charge in [-0.25, -0.2) is 4.39 Å². The molecule has 1 aromatic carbocycles. The van der Waals surface area contributed by atoms with E-state index in [1.807, 2.05) is 13.8 Å². The first-order valence-corrected chi connectivity index (χ1v) is 7.05. The summed E-state index contributed by atoms with van der Waals surface area (Å²) in [4.78, 5) is 11.4. The van der Waals surface area contributed by atoms with E-state index in [1.165, 1.54) is 12.1 Å². The minimum atomic E-state index is -0.984. The Morgan fingerprint density at radius 3 is 2.68 bits per heavy atom. The van der Waals surface area contributed by atoms with Crippen molar-refractivity contribution in [2.45, 2.75) is 45.2 Å². The van der Waals surface area contributed by atoms with Crippen molar-refractivity contribution in [1.29, 1.82) is 0 Å². The first-order chi connectivity index (χ1) is 8.80. The minimum absolute atomic E-state index is 0.192. The highest BCUT2D eigenvalue weighted by molar-refractivity contribution is 9.10. The highest BCUT2D eigenvalue weighted by Gasteiger charge is 2.33. The van der Waals surface area contributed by atoms with Crippen molar-refractivity contribution in [1.82, 2.24) is 5.32 Å². The molecule has 19 heavy (non-hydrogen) atoms. The van der Waals surface area contributed by atoms with E-state index in [1.54, 1.807) is 13.0 Å². The molecule has 2 N–H and O–H groups in total. The van der Waals surface area contributed by atoms with Gasteiger partial charge in [0, 0.05) is 10.5 Å². The second-order valence-electron chi connectivity index (χ2n) is 4.92. The van der Waals surface area contributed by atoms with E-state index in [9.17, 15) is 14.3 Å². The van der Waals surface area contributed by atoms with Crippen molar-refractivity contribution >= 4 is 21.9 Å². The molecule has 0 heterocycles. The summed E-state index contributed by atoms with van der Waals surface area (Å²) in [6.07, 6.45) is 1.30. The number of carboxylic acid groups (broad SMARTS) is 1. The Labute approximate surface area is 121 Å². The van der Waals surface area contributed by atoms with Gasteiger partial charge in [-0.2, -0.15) is 0 Å². The van der Waals surface area contributed by atoms with E-state index in [-0.39, 0.29) is 11.9 Å². The molecule has 0 aromatic heterocycles. The summed E-state index contributed by atoms with van der Waals surface area (Å²) in [7, 11) is 0. The number of nitrogens with one attached hydrogen (secondary N) is 1. The largest absolute Gasteiger partial charge is 0.480 e. The third kappa shape index (κ3) is 4.01. The average molecular weight is 332 g/mol. The Morgan fingerprint density at radius 2 is 2.21 bits per heavy atom. The van der Waals surface area contributed by atoms with Gasteiger partial charge in [0.1, 0.15) is 11.4 Å². The van der Waals surface area contributed by atoms with Gasteiger partial charge in [-0.05, 0) is 38.0 Å². The van der Waals surface area contributed by atoms with Crippen LogP contribution in [0.15, 0.2) is 22.7 Å². The third-order valence-corrected chi connectivity index (χ3v) is 3.87. The van der Waals surface area contributed by atoms with Crippen LogP contribution in [0.5, 0.6) is 0 Å². The monoisotopic (exact) mass is 331 g/mol. The maximum atomic E-state index is 13.1. The molecule has 5 heteroatoms. The van der Waals surface area contributed by atoms with Crippen LogP contribution in [0.2, 0.25) is 0 Å². The van der Waals surface area contributed by atoms with Crippen molar-refractivity contribution < 1.29 is 14.3 Å². The summed E-state index contributed by atoms with van der Waals surface area (Å²) < 4.78 is 13.7. The Morgan fingerprint density at radius 1 is 1.58 bits per heavy atom. The van der Waals surface area contributed by atoms with Crippen molar-refractivity contribution in [2.24, 2.45) is 0 Å². The Kier molecular flexibility index (Phi) is 5.50. The average Bonchev–Trinajstić information content (AvgIpc) is 2.28. The molecule has 0 saturated heterocycles. The van der Waals surface area contributed by atoms with Crippen LogP contribution in [-0.2, 0) is 4.79 Å². The van der Waals surface area contributed by atoms with Gasteiger partial charge in [-0.3, -0.25) is 10.1 Å². The first-order valence-electron chi connectivity index (χ1n) is 6.26. The van der Waals surface area contributed by atoms with Gasteiger partial charge >= 0.3 is 5.97 Å². The highest BCUT2D eigenvalue weighted by atomic mass is 79.9. The molecule has 2 atom stereocenters. The second-order valence-corrected chi connectivity index (χ2v) is 5.77. The van der Waals surface area contributed by atoms with Gasteiger partial charge in [-0.15, -0.1) is 0 Å². The maximum absolute atomic E-state index is 13.1. The molecule has 3 nitrogen and oxygen atoms in total. The van der Waals surface area contributed by atoms with E-state index in [2.05, 4.69) is 21.2 Å². The molecule has 106 valence electrons. The molecule has 2 unspecified atom stereocenters. The zero-order valence-corrected chi connectivity index (χ0v) is 12.9. The van der Waals surface area contributed by atoms with Gasteiger partial charge in [-0.1, -0.05) is 35.3 Å². The van der Waals surface area contributed by atoms with E-state index >= 15 is 0 Å². The molecule has 0 radical (unpaired) electrons. The SMILES string of the molecule is CCCC(C)(NC(C)c1ccc(F)cc1Br)C(=O)O. The molecular formula is C14H19BrFNO2. The van der Waals surface area contributed by atoms with Gasteiger partial charge < -0.3 is 5.11 Å². The molecule has 0 aliphatic carbocycles. The number of benzene rings is 1. The van der Waals surface area contributed by atoms with Crippen LogP contribution < -0.4 is 5.32 Å². The third-order valence-electron chi connectivity index (χ3n) is 3.19. The second kappa shape index (κ2) is 6.48. The number of hydrogen-bond donors (Lipinski definition) is 2. The van der Waals surface area contributed by atoms with Crippen molar-refractivity contribution in [3.05, 3.63) is 34.1 Å². The summed E-state index contributed by atoms with van der Waals surface area (Å²) in [5.41, 5.74) is -0.146. The highest BCUT2D eigenvalue weighted by Crippen LogP contribution is 2.27. The van der Waals surface area contributed by atoms with Gasteiger partial charge in [0.2, 0.25) is 0 Å². The lowest BCUT2D eigenvalue weighted by molar-refractivity contribution is -0.144. The number of aliphatic carboxylic acids is 1. The van der Waals surface area contributed by atoms with Gasteiger partial charge in [0.15, 0.2) is 0 Å². The molecule has 0 bridgehead atoms. The molecule has 0 aliphatic rings. The van der Waals surface area contributed by atoms with Crippen LogP contribution in [0.4, 0.5) is 4.39 Å². The zero-order chi connectivity index (χ0) is 14.6. The topological polar surface area (TPSA) is 49.3 Å². The van der Waals surface area contributed by atoms with Crippen LogP contribution >= 0.6 is 15.9 Å². The fraction of sp³-hybridized carbons (Fsp3) is 0.500. The molecule has 0 spiro atoms. The maximum Gasteiger partial charge on any atom is 0.323 e. The van der Waals surface area contributed by atoms with E-state index in [0.717, 1.165) is 12.0 Å². The van der Waals surface area contributed by atoms with Gasteiger partial charge in [0.25, 0.3) is 0 Å². The quantitative estimate of drug-likeness (QED) is 0.831. The molecule has 1 rings (SSSR count). The van der Waals surface area contributed by atoms with E-state index in [0.29, 0.717) is 10.9 Å². The van der Waals surface area contributed by atoms with Crippen LogP contribution in [0.1, 0.15) is 45.2 Å². The molecule has 0 saturated carbocycles. The normalized spacial score (nSPS) is 15.8. The van der Waals surface area contributed by atoms with Crippen molar-refractivity contribution in [3.8, 4) is 0 Å². The fourth-order valence-electron chi connectivity index (χ4n) is 2.15. The standard InChI is InChI=1S/C14H19BrFNO2/c1-4-7-14(3,13(18)19)17-9(2)11-6-5-10(16)8-12(11)15/h5-6,8-9,17H,4,7H2,1-3H3,(H,18,19). The molecule has 0 fully saturated rings. The van der Waals surface area contributed by atoms with E-state index in [4.69, 9.17) is 0 Å². The first kappa shape index (κ1) is 16.1. The number of rotatable bonds is 6. The lowest BCUT2D eigenvalue weighted by atomic mass is 9.94. The van der Waals surface area contributed by atoms with E-state index < -0.39 is 11.5 Å². The Hall–Kier alpha value is -0.940. The Bertz CT molecular complexity index is 467. The number of hydrogen-bond acceptors (Lipinski definition) is 2. The van der Waals surface area contributed by atoms with Crippen LogP contribution in [0.3, 0.4) is 0 Å². The Balaban J connectivity index is 2.94. The summed E-state index contributed by atoms with van der Waals surface area (Å²) in [5.74, 6) is -1.20. The summed E-state index contributed by atoms with van der Waals surface area (Å²) in [6, 6.07) is 4.22.